The van der Waals surface area contributed by atoms with E-state index in [0.29, 0.717) is 38.6 Å². The predicted molar refractivity (Wildman–Crippen MR) is 104 cm³/mol. The lowest BCUT2D eigenvalue weighted by Crippen LogP contribution is -2.11. The summed E-state index contributed by atoms with van der Waals surface area (Å²) in [4.78, 5) is 17.4. The second-order valence-electron chi connectivity index (χ2n) is 5.59. The number of benzene rings is 2. The molecule has 140 valence electrons. The maximum absolute atomic E-state index is 13.3. The first-order valence-corrected chi connectivity index (χ1v) is 8.85. The number of aryl methyl sites for hydroxylation is 1. The number of nitrogens with one attached hydrogen (secondary N) is 2. The molecule has 1 heterocycles. The Morgan fingerprint density at radius 1 is 1.07 bits per heavy atom. The molecule has 0 saturated carbocycles. The molecule has 1 amide bonds. The van der Waals surface area contributed by atoms with Gasteiger partial charge in [-0.1, -0.05) is 17.4 Å². The fourth-order valence-corrected chi connectivity index (χ4v) is 3.33. The zero-order chi connectivity index (χ0) is 19.4. The van der Waals surface area contributed by atoms with E-state index in [0.717, 1.165) is 0 Å². The highest BCUT2D eigenvalue weighted by Crippen LogP contribution is 2.31. The quantitative estimate of drug-likeness (QED) is 0.647. The van der Waals surface area contributed by atoms with Crippen LogP contribution in [0.5, 0.6) is 11.5 Å². The molecule has 3 rings (SSSR count). The Morgan fingerprint density at radius 3 is 2.56 bits per heavy atom. The number of hydrogen-bond acceptors (Lipinski definition) is 6. The van der Waals surface area contributed by atoms with E-state index in [4.69, 9.17) is 9.47 Å². The fraction of sp³-hybridized carbons (Fsp3) is 0.158. The van der Waals surface area contributed by atoms with E-state index >= 15 is 0 Å². The standard InChI is InChI=1S/C19H18FN3O3S/c1-11-17(27-19(21-11)23-13-6-4-5-12(20)9-13)18(24)22-14-7-8-15(25-2)16(10-14)26-3/h4-10H,1-3H3,(H,21,23)(H,22,24). The molecule has 0 bridgehead atoms. The zero-order valence-corrected chi connectivity index (χ0v) is 15.8. The Morgan fingerprint density at radius 2 is 1.85 bits per heavy atom. The summed E-state index contributed by atoms with van der Waals surface area (Å²) >= 11 is 1.19. The van der Waals surface area contributed by atoms with Crippen molar-refractivity contribution in [3.05, 3.63) is 58.9 Å². The number of carbonyl (C=O) groups is 1. The van der Waals surface area contributed by atoms with E-state index in [1.807, 2.05) is 0 Å². The van der Waals surface area contributed by atoms with Crippen LogP contribution in [-0.4, -0.2) is 25.1 Å². The summed E-state index contributed by atoms with van der Waals surface area (Å²) in [6.45, 7) is 1.75. The SMILES string of the molecule is COc1ccc(NC(=O)c2sc(Nc3cccc(F)c3)nc2C)cc1OC. The highest BCUT2D eigenvalue weighted by molar-refractivity contribution is 7.17. The summed E-state index contributed by atoms with van der Waals surface area (Å²) in [6.07, 6.45) is 0. The van der Waals surface area contributed by atoms with Crippen molar-refractivity contribution in [1.82, 2.24) is 4.98 Å². The number of aromatic nitrogens is 1. The number of halogens is 1. The molecular formula is C19H18FN3O3S. The van der Waals surface area contributed by atoms with E-state index in [1.165, 1.54) is 30.6 Å². The van der Waals surface area contributed by atoms with Crippen molar-refractivity contribution in [2.45, 2.75) is 6.92 Å². The van der Waals surface area contributed by atoms with Crippen molar-refractivity contribution in [3.63, 3.8) is 0 Å². The first-order chi connectivity index (χ1) is 13.0. The summed E-state index contributed by atoms with van der Waals surface area (Å²) < 4.78 is 23.7. The van der Waals surface area contributed by atoms with Gasteiger partial charge in [-0.2, -0.15) is 0 Å². The van der Waals surface area contributed by atoms with Crippen LogP contribution in [0, 0.1) is 12.7 Å². The highest BCUT2D eigenvalue weighted by Gasteiger charge is 2.16. The summed E-state index contributed by atoms with van der Waals surface area (Å²) in [6, 6.07) is 11.2. The number of methoxy groups -OCH3 is 2. The molecule has 0 aliphatic rings. The summed E-state index contributed by atoms with van der Waals surface area (Å²) in [5.41, 5.74) is 1.72. The molecule has 2 N–H and O–H groups in total. The third kappa shape index (κ3) is 4.35. The van der Waals surface area contributed by atoms with Crippen LogP contribution in [-0.2, 0) is 0 Å². The van der Waals surface area contributed by atoms with Crippen LogP contribution in [0.1, 0.15) is 15.4 Å². The maximum Gasteiger partial charge on any atom is 0.267 e. The van der Waals surface area contributed by atoms with Gasteiger partial charge in [-0.05, 0) is 37.3 Å². The van der Waals surface area contributed by atoms with Crippen LogP contribution in [0.2, 0.25) is 0 Å². The third-order valence-electron chi connectivity index (χ3n) is 3.72. The van der Waals surface area contributed by atoms with Gasteiger partial charge in [0.25, 0.3) is 5.91 Å². The molecule has 2 aromatic carbocycles. The van der Waals surface area contributed by atoms with Crippen LogP contribution in [0.3, 0.4) is 0 Å². The molecular weight excluding hydrogens is 369 g/mol. The monoisotopic (exact) mass is 387 g/mol. The molecule has 0 radical (unpaired) electrons. The number of ether oxygens (including phenoxy) is 2. The molecule has 3 aromatic rings. The lowest BCUT2D eigenvalue weighted by Gasteiger charge is -2.10. The van der Waals surface area contributed by atoms with E-state index < -0.39 is 0 Å². The maximum atomic E-state index is 13.3. The summed E-state index contributed by atoms with van der Waals surface area (Å²) in [5.74, 6) is 0.458. The summed E-state index contributed by atoms with van der Waals surface area (Å²) in [5, 5.41) is 6.34. The van der Waals surface area contributed by atoms with Gasteiger partial charge in [-0.25, -0.2) is 9.37 Å². The molecule has 0 aliphatic carbocycles. The average molecular weight is 387 g/mol. The van der Waals surface area contributed by atoms with Gasteiger partial charge in [0.05, 0.1) is 19.9 Å². The minimum atomic E-state index is -0.348. The van der Waals surface area contributed by atoms with Gasteiger partial charge < -0.3 is 20.1 Å². The van der Waals surface area contributed by atoms with Gasteiger partial charge >= 0.3 is 0 Å². The Bertz CT molecular complexity index is 975. The number of anilines is 3. The van der Waals surface area contributed by atoms with Gasteiger partial charge in [-0.3, -0.25) is 4.79 Å². The second kappa shape index (κ2) is 8.05. The lowest BCUT2D eigenvalue weighted by molar-refractivity contribution is 0.103. The molecule has 0 fully saturated rings. The predicted octanol–water partition coefficient (Wildman–Crippen LogP) is 4.60. The topological polar surface area (TPSA) is 72.5 Å². The normalized spacial score (nSPS) is 10.4. The smallest absolute Gasteiger partial charge is 0.267 e. The molecule has 0 aliphatic heterocycles. The number of rotatable bonds is 6. The van der Waals surface area contributed by atoms with Crippen molar-refractivity contribution >= 4 is 33.8 Å². The fourth-order valence-electron chi connectivity index (χ4n) is 2.45. The van der Waals surface area contributed by atoms with Gasteiger partial charge in [-0.15, -0.1) is 0 Å². The van der Waals surface area contributed by atoms with Gasteiger partial charge in [0.1, 0.15) is 10.7 Å². The van der Waals surface area contributed by atoms with Crippen molar-refractivity contribution < 1.29 is 18.7 Å². The molecule has 1 aromatic heterocycles. The molecule has 0 saturated heterocycles. The van der Waals surface area contributed by atoms with Crippen molar-refractivity contribution in [1.29, 1.82) is 0 Å². The number of thiazole rings is 1. The Kier molecular flexibility index (Phi) is 5.56. The van der Waals surface area contributed by atoms with Gasteiger partial charge in [0.2, 0.25) is 0 Å². The minimum Gasteiger partial charge on any atom is -0.493 e. The number of carbonyl (C=O) groups excluding carboxylic acids is 1. The van der Waals surface area contributed by atoms with Crippen LogP contribution in [0.15, 0.2) is 42.5 Å². The Balaban J connectivity index is 1.76. The van der Waals surface area contributed by atoms with E-state index in [9.17, 15) is 9.18 Å². The molecule has 0 spiro atoms. The molecule has 6 nitrogen and oxygen atoms in total. The number of hydrogen-bond donors (Lipinski definition) is 2. The first-order valence-electron chi connectivity index (χ1n) is 8.03. The molecule has 0 unspecified atom stereocenters. The third-order valence-corrected chi connectivity index (χ3v) is 4.79. The largest absolute Gasteiger partial charge is 0.493 e. The van der Waals surface area contributed by atoms with Crippen LogP contribution in [0.25, 0.3) is 0 Å². The number of amides is 1. The van der Waals surface area contributed by atoms with Gasteiger partial charge in [0, 0.05) is 17.4 Å². The molecule has 8 heteroatoms. The van der Waals surface area contributed by atoms with Crippen molar-refractivity contribution in [3.8, 4) is 11.5 Å². The van der Waals surface area contributed by atoms with E-state index in [1.54, 1.807) is 44.4 Å². The van der Waals surface area contributed by atoms with E-state index in [2.05, 4.69) is 15.6 Å². The van der Waals surface area contributed by atoms with Crippen molar-refractivity contribution in [2.24, 2.45) is 0 Å². The highest BCUT2D eigenvalue weighted by atomic mass is 32.1. The second-order valence-corrected chi connectivity index (χ2v) is 6.59. The Hall–Kier alpha value is -3.13. The van der Waals surface area contributed by atoms with Crippen LogP contribution < -0.4 is 20.1 Å². The van der Waals surface area contributed by atoms with Gasteiger partial charge in [0.15, 0.2) is 16.6 Å². The van der Waals surface area contributed by atoms with Crippen LogP contribution in [0.4, 0.5) is 20.9 Å². The first kappa shape index (κ1) is 18.7. The summed E-state index contributed by atoms with van der Waals surface area (Å²) in [7, 11) is 3.07. The number of nitrogens with zero attached hydrogens (tertiary/aromatic N) is 1. The zero-order valence-electron chi connectivity index (χ0n) is 15.0. The molecule has 27 heavy (non-hydrogen) atoms. The minimum absolute atomic E-state index is 0.287. The lowest BCUT2D eigenvalue weighted by atomic mass is 10.2. The Labute approximate surface area is 160 Å². The van der Waals surface area contributed by atoms with E-state index in [-0.39, 0.29) is 11.7 Å². The van der Waals surface area contributed by atoms with Crippen LogP contribution >= 0.6 is 11.3 Å². The average Bonchev–Trinajstić information content (AvgIpc) is 3.01. The molecule has 0 atom stereocenters. The van der Waals surface area contributed by atoms with Crippen molar-refractivity contribution in [2.75, 3.05) is 24.9 Å².